The second-order valence-electron chi connectivity index (χ2n) is 3.97. The van der Waals surface area contributed by atoms with Gasteiger partial charge in [-0.25, -0.2) is 0 Å². The van der Waals surface area contributed by atoms with Gasteiger partial charge in [-0.05, 0) is 30.3 Å². The van der Waals surface area contributed by atoms with E-state index in [-0.39, 0.29) is 0 Å². The lowest BCUT2D eigenvalue weighted by atomic mass is 9.98. The van der Waals surface area contributed by atoms with Gasteiger partial charge in [0.25, 0.3) is 0 Å². The summed E-state index contributed by atoms with van der Waals surface area (Å²) in [5.41, 5.74) is 16.0. The zero-order valence-electron chi connectivity index (χ0n) is 10.1. The molecule has 90 valence electrons. The van der Waals surface area contributed by atoms with Crippen LogP contribution < -0.4 is 16.8 Å². The van der Waals surface area contributed by atoms with Gasteiger partial charge in [0.2, 0.25) is 0 Å². The highest BCUT2D eigenvalue weighted by Gasteiger charge is 2.09. The second kappa shape index (κ2) is 4.68. The minimum atomic E-state index is 0.569. The lowest BCUT2D eigenvalue weighted by Crippen LogP contribution is -1.96. The molecule has 0 fully saturated rings. The molecule has 0 amide bonds. The van der Waals surface area contributed by atoms with Crippen molar-refractivity contribution < 1.29 is 0 Å². The van der Waals surface area contributed by atoms with Gasteiger partial charge in [-0.1, -0.05) is 6.07 Å². The minimum absolute atomic E-state index is 0.569. The molecule has 0 atom stereocenters. The minimum Gasteiger partial charge on any atom is -0.399 e. The number of anilines is 3. The van der Waals surface area contributed by atoms with Crippen LogP contribution >= 0.6 is 0 Å². The predicted molar refractivity (Wildman–Crippen MR) is 75.0 cm³/mol. The molecule has 0 saturated carbocycles. The van der Waals surface area contributed by atoms with Crippen molar-refractivity contribution in [3.05, 3.63) is 42.0 Å². The zero-order valence-corrected chi connectivity index (χ0v) is 10.1. The maximum atomic E-state index is 9.15. The van der Waals surface area contributed by atoms with Crippen molar-refractivity contribution in [1.29, 1.82) is 5.26 Å². The average molecular weight is 238 g/mol. The first-order valence-corrected chi connectivity index (χ1v) is 5.53. The van der Waals surface area contributed by atoms with Crippen LogP contribution in [0.4, 0.5) is 17.1 Å². The molecule has 0 radical (unpaired) electrons. The lowest BCUT2D eigenvalue weighted by Gasteiger charge is -2.10. The van der Waals surface area contributed by atoms with E-state index in [4.69, 9.17) is 16.7 Å². The molecule has 18 heavy (non-hydrogen) atoms. The van der Waals surface area contributed by atoms with Crippen LogP contribution in [0, 0.1) is 11.3 Å². The predicted octanol–water partition coefficient (Wildman–Crippen LogP) is 2.43. The molecule has 5 N–H and O–H groups in total. The molecule has 2 rings (SSSR count). The standard InChI is InChI=1S/C14H14N4/c1-18-11-4-2-9(8-15)13(7-11)12-5-3-10(16)6-14(12)17/h2-7,18H,16-17H2,1H3. The Bertz CT molecular complexity index is 626. The van der Waals surface area contributed by atoms with Crippen molar-refractivity contribution in [2.24, 2.45) is 0 Å². The van der Waals surface area contributed by atoms with Crippen LogP contribution in [0.25, 0.3) is 11.1 Å². The first-order chi connectivity index (χ1) is 8.65. The molecule has 0 aliphatic rings. The number of hydrogen-bond donors (Lipinski definition) is 3. The van der Waals surface area contributed by atoms with Crippen LogP contribution in [-0.2, 0) is 0 Å². The molecule has 4 heteroatoms. The van der Waals surface area contributed by atoms with Gasteiger partial charge in [0.05, 0.1) is 11.6 Å². The van der Waals surface area contributed by atoms with Crippen molar-refractivity contribution in [2.75, 3.05) is 23.8 Å². The number of nitrogens with one attached hydrogen (secondary N) is 1. The molecule has 0 aliphatic heterocycles. The van der Waals surface area contributed by atoms with Gasteiger partial charge >= 0.3 is 0 Å². The van der Waals surface area contributed by atoms with Gasteiger partial charge in [-0.3, -0.25) is 0 Å². The monoisotopic (exact) mass is 238 g/mol. The van der Waals surface area contributed by atoms with Gasteiger partial charge in [0.15, 0.2) is 0 Å². The Balaban J connectivity index is 2.65. The highest BCUT2D eigenvalue weighted by molar-refractivity contribution is 5.83. The number of nitrogens with zero attached hydrogens (tertiary/aromatic N) is 1. The Labute approximate surface area is 106 Å². The van der Waals surface area contributed by atoms with Crippen LogP contribution in [0.2, 0.25) is 0 Å². The van der Waals surface area contributed by atoms with Crippen LogP contribution in [-0.4, -0.2) is 7.05 Å². The van der Waals surface area contributed by atoms with Crippen molar-refractivity contribution in [3.63, 3.8) is 0 Å². The first-order valence-electron chi connectivity index (χ1n) is 5.53. The molecule has 0 spiro atoms. The molecule has 2 aromatic rings. The summed E-state index contributed by atoms with van der Waals surface area (Å²) < 4.78 is 0. The Kier molecular flexibility index (Phi) is 3.07. The molecule has 0 aliphatic carbocycles. The molecule has 0 bridgehead atoms. The Morgan fingerprint density at radius 2 is 1.83 bits per heavy atom. The van der Waals surface area contributed by atoms with Crippen LogP contribution in [0.3, 0.4) is 0 Å². The van der Waals surface area contributed by atoms with Crippen LogP contribution in [0.5, 0.6) is 0 Å². The fourth-order valence-electron chi connectivity index (χ4n) is 1.85. The fourth-order valence-corrected chi connectivity index (χ4v) is 1.85. The number of nitrogens with two attached hydrogens (primary N) is 2. The van der Waals surface area contributed by atoms with Gasteiger partial charge in [-0.2, -0.15) is 5.26 Å². The summed E-state index contributed by atoms with van der Waals surface area (Å²) in [5, 5.41) is 12.2. The maximum absolute atomic E-state index is 9.15. The van der Waals surface area contributed by atoms with E-state index in [0.717, 1.165) is 16.8 Å². The second-order valence-corrected chi connectivity index (χ2v) is 3.97. The van der Waals surface area contributed by atoms with E-state index in [1.165, 1.54) is 0 Å². The summed E-state index contributed by atoms with van der Waals surface area (Å²) in [4.78, 5) is 0. The quantitative estimate of drug-likeness (QED) is 0.701. The van der Waals surface area contributed by atoms with Gasteiger partial charge in [-0.15, -0.1) is 0 Å². The number of nitrogen functional groups attached to an aromatic ring is 2. The highest BCUT2D eigenvalue weighted by Crippen LogP contribution is 2.32. The van der Waals surface area contributed by atoms with Crippen LogP contribution in [0.15, 0.2) is 36.4 Å². The molecule has 2 aromatic carbocycles. The zero-order chi connectivity index (χ0) is 13.1. The third-order valence-electron chi connectivity index (χ3n) is 2.79. The summed E-state index contributed by atoms with van der Waals surface area (Å²) in [6.07, 6.45) is 0. The van der Waals surface area contributed by atoms with E-state index in [0.29, 0.717) is 16.9 Å². The van der Waals surface area contributed by atoms with Gasteiger partial charge in [0, 0.05) is 35.2 Å². The highest BCUT2D eigenvalue weighted by atomic mass is 14.8. The van der Waals surface area contributed by atoms with E-state index in [1.807, 2.05) is 25.2 Å². The topological polar surface area (TPSA) is 87.9 Å². The van der Waals surface area contributed by atoms with Crippen molar-refractivity contribution in [1.82, 2.24) is 0 Å². The van der Waals surface area contributed by atoms with E-state index in [2.05, 4.69) is 11.4 Å². The summed E-state index contributed by atoms with van der Waals surface area (Å²) in [6.45, 7) is 0. The molecule has 0 saturated heterocycles. The average Bonchev–Trinajstić information content (AvgIpc) is 2.38. The number of nitriles is 1. The molecule has 0 unspecified atom stereocenters. The molecule has 4 nitrogen and oxygen atoms in total. The van der Waals surface area contributed by atoms with E-state index >= 15 is 0 Å². The van der Waals surface area contributed by atoms with E-state index in [1.54, 1.807) is 18.2 Å². The number of hydrogen-bond acceptors (Lipinski definition) is 4. The normalized spacial score (nSPS) is 9.78. The van der Waals surface area contributed by atoms with Crippen LogP contribution in [0.1, 0.15) is 5.56 Å². The van der Waals surface area contributed by atoms with Gasteiger partial charge in [0.1, 0.15) is 0 Å². The maximum Gasteiger partial charge on any atom is 0.0998 e. The molecule has 0 heterocycles. The smallest absolute Gasteiger partial charge is 0.0998 e. The number of rotatable bonds is 2. The van der Waals surface area contributed by atoms with E-state index < -0.39 is 0 Å². The SMILES string of the molecule is CNc1ccc(C#N)c(-c2ccc(N)cc2N)c1. The third-order valence-corrected chi connectivity index (χ3v) is 2.79. The van der Waals surface area contributed by atoms with Crippen molar-refractivity contribution in [2.45, 2.75) is 0 Å². The number of benzene rings is 2. The van der Waals surface area contributed by atoms with E-state index in [9.17, 15) is 0 Å². The van der Waals surface area contributed by atoms with Crippen molar-refractivity contribution in [3.8, 4) is 17.2 Å². The molecular weight excluding hydrogens is 224 g/mol. The summed E-state index contributed by atoms with van der Waals surface area (Å²) in [5.74, 6) is 0. The Morgan fingerprint density at radius 1 is 1.06 bits per heavy atom. The lowest BCUT2D eigenvalue weighted by molar-refractivity contribution is 1.45. The largest absolute Gasteiger partial charge is 0.399 e. The van der Waals surface area contributed by atoms with Crippen molar-refractivity contribution >= 4 is 17.1 Å². The summed E-state index contributed by atoms with van der Waals surface area (Å²) in [7, 11) is 1.83. The molecular formula is C14H14N4. The third kappa shape index (κ3) is 2.06. The first kappa shape index (κ1) is 11.8. The summed E-state index contributed by atoms with van der Waals surface area (Å²) in [6, 6.07) is 13.0. The Hall–Kier alpha value is -2.67. The molecule has 0 aromatic heterocycles. The Morgan fingerprint density at radius 3 is 2.44 bits per heavy atom. The summed E-state index contributed by atoms with van der Waals surface area (Å²) >= 11 is 0. The fraction of sp³-hybridized carbons (Fsp3) is 0.0714. The van der Waals surface area contributed by atoms with Gasteiger partial charge < -0.3 is 16.8 Å².